The molecule has 0 bridgehead atoms. The Morgan fingerprint density at radius 1 is 1.39 bits per heavy atom. The average molecular weight is 311 g/mol. The highest BCUT2D eigenvalue weighted by atomic mass is 79.9. The van der Waals surface area contributed by atoms with Gasteiger partial charge in [0.25, 0.3) is 0 Å². The molecule has 3 nitrogen and oxygen atoms in total. The molecule has 2 rings (SSSR count). The Balaban J connectivity index is 1.71. The first-order valence-corrected chi connectivity index (χ1v) is 7.20. The number of hydrogen-bond donors (Lipinski definition) is 2. The lowest BCUT2D eigenvalue weighted by Crippen LogP contribution is -2.40. The Morgan fingerprint density at radius 2 is 2.06 bits per heavy atom. The van der Waals surface area contributed by atoms with Crippen LogP contribution in [0, 0.1) is 0 Å². The van der Waals surface area contributed by atoms with E-state index in [1.54, 1.807) is 0 Å². The van der Waals surface area contributed by atoms with Gasteiger partial charge in [0.15, 0.2) is 0 Å². The molecular weight excluding hydrogens is 292 g/mol. The Bertz CT molecular complexity index is 401. The highest BCUT2D eigenvalue weighted by molar-refractivity contribution is 9.10. The van der Waals surface area contributed by atoms with Crippen molar-refractivity contribution >= 4 is 21.8 Å². The third-order valence-corrected chi connectivity index (χ3v) is 3.52. The van der Waals surface area contributed by atoms with E-state index >= 15 is 0 Å². The van der Waals surface area contributed by atoms with E-state index in [2.05, 4.69) is 38.7 Å². The predicted octanol–water partition coefficient (Wildman–Crippen LogP) is 2.25. The zero-order valence-corrected chi connectivity index (χ0v) is 12.2. The lowest BCUT2D eigenvalue weighted by Gasteiger charge is -2.14. The van der Waals surface area contributed by atoms with Crippen molar-refractivity contribution in [2.24, 2.45) is 0 Å². The van der Waals surface area contributed by atoms with Crippen molar-refractivity contribution in [1.29, 1.82) is 0 Å². The van der Waals surface area contributed by atoms with Gasteiger partial charge in [-0.05, 0) is 43.9 Å². The summed E-state index contributed by atoms with van der Waals surface area (Å²) >= 11 is 3.41. The number of amides is 1. The zero-order valence-electron chi connectivity index (χ0n) is 10.6. The van der Waals surface area contributed by atoms with Crippen LogP contribution in [-0.2, 0) is 11.2 Å². The van der Waals surface area contributed by atoms with Crippen molar-refractivity contribution in [2.75, 3.05) is 6.54 Å². The highest BCUT2D eigenvalue weighted by Crippen LogP contribution is 2.18. The molecule has 18 heavy (non-hydrogen) atoms. The maximum absolute atomic E-state index is 11.6. The summed E-state index contributed by atoms with van der Waals surface area (Å²) in [7, 11) is 0. The highest BCUT2D eigenvalue weighted by Gasteiger charge is 2.21. The molecule has 1 aromatic rings. The average Bonchev–Trinajstić information content (AvgIpc) is 3.13. The Morgan fingerprint density at radius 3 is 2.67 bits per heavy atom. The first-order chi connectivity index (χ1) is 8.63. The van der Waals surface area contributed by atoms with E-state index in [9.17, 15) is 4.79 Å². The molecule has 0 saturated heterocycles. The van der Waals surface area contributed by atoms with Crippen LogP contribution in [0.25, 0.3) is 0 Å². The molecule has 0 aliphatic heterocycles. The van der Waals surface area contributed by atoms with E-state index in [0.29, 0.717) is 12.6 Å². The molecule has 1 unspecified atom stereocenters. The smallest absolute Gasteiger partial charge is 0.234 e. The molecule has 1 aliphatic rings. The number of hydrogen-bond acceptors (Lipinski definition) is 2. The van der Waals surface area contributed by atoms with Gasteiger partial charge in [0.2, 0.25) is 5.91 Å². The van der Waals surface area contributed by atoms with Crippen molar-refractivity contribution < 1.29 is 4.79 Å². The number of nitrogens with one attached hydrogen (secondary N) is 2. The minimum Gasteiger partial charge on any atom is -0.352 e. The predicted molar refractivity (Wildman–Crippen MR) is 76.5 cm³/mol. The van der Waals surface area contributed by atoms with Gasteiger partial charge in [0.1, 0.15) is 0 Å². The molecule has 1 aliphatic carbocycles. The summed E-state index contributed by atoms with van der Waals surface area (Å²) in [5.74, 6) is 0.0894. The van der Waals surface area contributed by atoms with Gasteiger partial charge in [-0.15, -0.1) is 0 Å². The fraction of sp³-hybridized carbons (Fsp3) is 0.500. The lowest BCUT2D eigenvalue weighted by atomic mass is 10.1. The molecular formula is C14H19BrN2O. The van der Waals surface area contributed by atoms with Gasteiger partial charge in [-0.1, -0.05) is 28.1 Å². The van der Waals surface area contributed by atoms with Crippen LogP contribution in [0.2, 0.25) is 0 Å². The van der Waals surface area contributed by atoms with Crippen LogP contribution in [0.3, 0.4) is 0 Å². The lowest BCUT2D eigenvalue weighted by molar-refractivity contribution is -0.120. The van der Waals surface area contributed by atoms with E-state index < -0.39 is 0 Å². The summed E-state index contributed by atoms with van der Waals surface area (Å²) in [5, 5.41) is 6.23. The molecule has 2 N–H and O–H groups in total. The number of benzene rings is 1. The van der Waals surface area contributed by atoms with Crippen LogP contribution >= 0.6 is 15.9 Å². The zero-order chi connectivity index (χ0) is 13.0. The van der Waals surface area contributed by atoms with E-state index in [1.165, 1.54) is 18.4 Å². The van der Waals surface area contributed by atoms with Crippen molar-refractivity contribution in [3.8, 4) is 0 Å². The van der Waals surface area contributed by atoms with Gasteiger partial charge in [-0.25, -0.2) is 0 Å². The molecule has 0 aromatic heterocycles. The van der Waals surface area contributed by atoms with Gasteiger partial charge in [-0.2, -0.15) is 0 Å². The second-order valence-electron chi connectivity index (χ2n) is 4.95. The standard InChI is InChI=1S/C14H19BrN2O/c1-10(8-11-2-4-12(15)5-3-11)17-14(18)9-16-13-6-7-13/h2-5,10,13,16H,6-9H2,1H3,(H,17,18). The molecule has 1 fully saturated rings. The van der Waals surface area contributed by atoms with Crippen LogP contribution < -0.4 is 10.6 Å². The van der Waals surface area contributed by atoms with Gasteiger partial charge < -0.3 is 10.6 Å². The normalized spacial score (nSPS) is 16.3. The third-order valence-electron chi connectivity index (χ3n) is 2.99. The Hall–Kier alpha value is -0.870. The van der Waals surface area contributed by atoms with Crippen LogP contribution in [0.1, 0.15) is 25.3 Å². The molecule has 0 spiro atoms. The summed E-state index contributed by atoms with van der Waals surface area (Å²) in [6, 6.07) is 8.96. The summed E-state index contributed by atoms with van der Waals surface area (Å²) in [4.78, 5) is 11.6. The van der Waals surface area contributed by atoms with Gasteiger partial charge >= 0.3 is 0 Å². The van der Waals surface area contributed by atoms with E-state index in [4.69, 9.17) is 0 Å². The molecule has 4 heteroatoms. The monoisotopic (exact) mass is 310 g/mol. The molecule has 0 radical (unpaired) electrons. The second kappa shape index (κ2) is 6.34. The van der Waals surface area contributed by atoms with Crippen molar-refractivity contribution in [3.05, 3.63) is 34.3 Å². The summed E-state index contributed by atoms with van der Waals surface area (Å²) in [6.45, 7) is 2.48. The summed E-state index contributed by atoms with van der Waals surface area (Å²) in [6.07, 6.45) is 3.28. The maximum Gasteiger partial charge on any atom is 0.234 e. The molecule has 0 heterocycles. The molecule has 1 aromatic carbocycles. The first kappa shape index (κ1) is 13.6. The number of carbonyl (C=O) groups excluding carboxylic acids is 1. The van der Waals surface area contributed by atoms with Crippen LogP contribution in [0.15, 0.2) is 28.7 Å². The van der Waals surface area contributed by atoms with Crippen LogP contribution in [-0.4, -0.2) is 24.5 Å². The third kappa shape index (κ3) is 4.78. The second-order valence-corrected chi connectivity index (χ2v) is 5.87. The topological polar surface area (TPSA) is 41.1 Å². The Labute approximate surface area is 116 Å². The largest absolute Gasteiger partial charge is 0.352 e. The van der Waals surface area contributed by atoms with Crippen molar-refractivity contribution in [2.45, 2.75) is 38.3 Å². The minimum atomic E-state index is 0.0894. The van der Waals surface area contributed by atoms with Crippen LogP contribution in [0.4, 0.5) is 0 Å². The summed E-state index contributed by atoms with van der Waals surface area (Å²) < 4.78 is 1.08. The summed E-state index contributed by atoms with van der Waals surface area (Å²) in [5.41, 5.74) is 1.24. The maximum atomic E-state index is 11.6. The first-order valence-electron chi connectivity index (χ1n) is 6.40. The SMILES string of the molecule is CC(Cc1ccc(Br)cc1)NC(=O)CNC1CC1. The fourth-order valence-corrected chi connectivity index (χ4v) is 2.14. The van der Waals surface area contributed by atoms with Gasteiger partial charge in [0, 0.05) is 16.6 Å². The van der Waals surface area contributed by atoms with Gasteiger partial charge in [-0.3, -0.25) is 4.79 Å². The van der Waals surface area contributed by atoms with E-state index in [-0.39, 0.29) is 11.9 Å². The molecule has 98 valence electrons. The number of carbonyl (C=O) groups is 1. The van der Waals surface area contributed by atoms with Crippen molar-refractivity contribution in [1.82, 2.24) is 10.6 Å². The van der Waals surface area contributed by atoms with Crippen LogP contribution in [0.5, 0.6) is 0 Å². The molecule has 1 atom stereocenters. The van der Waals surface area contributed by atoms with E-state index in [1.807, 2.05) is 19.1 Å². The minimum absolute atomic E-state index is 0.0894. The number of rotatable bonds is 6. The van der Waals surface area contributed by atoms with E-state index in [0.717, 1.165) is 10.9 Å². The number of halogens is 1. The molecule has 1 amide bonds. The van der Waals surface area contributed by atoms with Crippen molar-refractivity contribution in [3.63, 3.8) is 0 Å². The Kier molecular flexibility index (Phi) is 4.78. The quantitative estimate of drug-likeness (QED) is 0.846. The molecule has 1 saturated carbocycles. The van der Waals surface area contributed by atoms with Gasteiger partial charge in [0.05, 0.1) is 6.54 Å². The fourth-order valence-electron chi connectivity index (χ4n) is 1.88.